The van der Waals surface area contributed by atoms with Crippen molar-refractivity contribution in [3.8, 4) is 5.75 Å². The number of Topliss-reactive ketones (excluding diaryl/α,β-unsaturated/α-hetero) is 1. The van der Waals surface area contributed by atoms with E-state index in [1.165, 1.54) is 4.57 Å². The third-order valence-electron chi connectivity index (χ3n) is 7.68. The van der Waals surface area contributed by atoms with Gasteiger partial charge >= 0.3 is 5.69 Å². The fraction of sp³-hybridized carbons (Fsp3) is 0.645. The van der Waals surface area contributed by atoms with Gasteiger partial charge in [-0.2, -0.15) is 0 Å². The molecule has 1 aromatic carbocycles. The van der Waals surface area contributed by atoms with Gasteiger partial charge in [0.2, 0.25) is 0 Å². The molecule has 3 rings (SSSR count). The molecule has 40 heavy (non-hydrogen) atoms. The van der Waals surface area contributed by atoms with Gasteiger partial charge < -0.3 is 14.7 Å². The summed E-state index contributed by atoms with van der Waals surface area (Å²) >= 11 is 0. The molecular formula is C31H48N4O5. The molecule has 0 amide bonds. The van der Waals surface area contributed by atoms with Crippen LogP contribution in [0.15, 0.2) is 39.9 Å². The lowest BCUT2D eigenvalue weighted by molar-refractivity contribution is -0.0449. The number of β-amino-alcohol motifs (C(OH)–C–C–N with tert-alkyl or cyclic N) is 1. The Morgan fingerprint density at radius 1 is 0.950 bits per heavy atom. The smallest absolute Gasteiger partial charge is 0.333 e. The summed E-state index contributed by atoms with van der Waals surface area (Å²) in [6, 6.07) is 8.46. The van der Waals surface area contributed by atoms with E-state index >= 15 is 0 Å². The maximum absolute atomic E-state index is 13.1. The van der Waals surface area contributed by atoms with E-state index in [2.05, 4.69) is 16.7 Å². The zero-order valence-corrected chi connectivity index (χ0v) is 25.4. The number of carbonyl (C=O) groups excluding carboxylic acids is 1. The number of unbranched alkanes of at least 4 members (excludes halogenated alkanes) is 2. The van der Waals surface area contributed by atoms with E-state index in [-0.39, 0.29) is 29.1 Å². The van der Waals surface area contributed by atoms with Crippen molar-refractivity contribution in [3.05, 3.63) is 56.7 Å². The number of hydrogen-bond acceptors (Lipinski definition) is 7. The zero-order chi connectivity index (χ0) is 29.6. The minimum atomic E-state index is -0.844. The Labute approximate surface area is 238 Å². The molecule has 9 heteroatoms. The van der Waals surface area contributed by atoms with E-state index in [0.717, 1.165) is 19.3 Å². The van der Waals surface area contributed by atoms with Gasteiger partial charge in [0.25, 0.3) is 5.56 Å². The molecular weight excluding hydrogens is 508 g/mol. The number of anilines is 1. The summed E-state index contributed by atoms with van der Waals surface area (Å²) in [6.07, 6.45) is 2.85. The number of hydrogen-bond donors (Lipinski definition) is 1. The van der Waals surface area contributed by atoms with Crippen LogP contribution in [0.2, 0.25) is 0 Å². The number of carbonyl (C=O) groups is 1. The first kappa shape index (κ1) is 31.6. The van der Waals surface area contributed by atoms with Crippen molar-refractivity contribution in [2.24, 2.45) is 0 Å². The normalized spacial score (nSPS) is 15.6. The van der Waals surface area contributed by atoms with Gasteiger partial charge in [-0.3, -0.25) is 23.6 Å². The van der Waals surface area contributed by atoms with E-state index in [1.807, 2.05) is 41.5 Å². The lowest BCUT2D eigenvalue weighted by Crippen LogP contribution is -2.54. The Kier molecular flexibility index (Phi) is 10.8. The number of benzene rings is 1. The van der Waals surface area contributed by atoms with Crippen LogP contribution < -0.4 is 20.9 Å². The molecule has 1 aromatic heterocycles. The van der Waals surface area contributed by atoms with Gasteiger partial charge in [0, 0.05) is 62.9 Å². The van der Waals surface area contributed by atoms with Gasteiger partial charge in [-0.05, 0) is 72.2 Å². The second-order valence-electron chi connectivity index (χ2n) is 12.0. The molecule has 0 bridgehead atoms. The van der Waals surface area contributed by atoms with E-state index in [9.17, 15) is 19.5 Å². The number of piperazine rings is 1. The molecule has 1 aliphatic rings. The zero-order valence-electron chi connectivity index (χ0n) is 25.4. The Hall–Kier alpha value is -2.91. The monoisotopic (exact) mass is 556 g/mol. The lowest BCUT2D eigenvalue weighted by Gasteiger charge is -2.40. The highest BCUT2D eigenvalue weighted by Crippen LogP contribution is 2.24. The van der Waals surface area contributed by atoms with Crippen LogP contribution in [0.1, 0.15) is 96.6 Å². The van der Waals surface area contributed by atoms with Crippen LogP contribution in [0.4, 0.5) is 5.82 Å². The van der Waals surface area contributed by atoms with E-state index < -0.39 is 11.7 Å². The summed E-state index contributed by atoms with van der Waals surface area (Å²) in [5, 5.41) is 11.1. The van der Waals surface area contributed by atoms with Crippen LogP contribution in [-0.4, -0.2) is 69.4 Å². The molecule has 0 saturated carbocycles. The molecule has 9 nitrogen and oxygen atoms in total. The Morgan fingerprint density at radius 2 is 1.55 bits per heavy atom. The maximum atomic E-state index is 13.1. The summed E-state index contributed by atoms with van der Waals surface area (Å²) in [5.41, 5.74) is -0.719. The van der Waals surface area contributed by atoms with E-state index in [4.69, 9.17) is 4.74 Å². The van der Waals surface area contributed by atoms with Crippen LogP contribution in [0, 0.1) is 0 Å². The summed E-state index contributed by atoms with van der Waals surface area (Å²) in [7, 11) is 0. The Bertz CT molecular complexity index is 1240. The van der Waals surface area contributed by atoms with Crippen molar-refractivity contribution in [1.29, 1.82) is 0 Å². The van der Waals surface area contributed by atoms with Gasteiger partial charge in [-0.1, -0.05) is 19.8 Å². The van der Waals surface area contributed by atoms with Crippen LogP contribution in [0.3, 0.4) is 0 Å². The molecule has 0 radical (unpaired) electrons. The van der Waals surface area contributed by atoms with Crippen molar-refractivity contribution < 1.29 is 14.6 Å². The van der Waals surface area contributed by atoms with Crippen molar-refractivity contribution >= 4 is 11.6 Å². The SMILES string of the molecule is CCCCCC(=O)c1ccc(OC(C)(C)C(O)CN2CCN(c3cc(=O)n(C(C)C)c(=O)n3C(C)C)CC2)cc1. The molecule has 1 atom stereocenters. The topological polar surface area (TPSA) is 97.0 Å². The number of aliphatic hydroxyl groups is 1. The lowest BCUT2D eigenvalue weighted by atomic mass is 10.00. The number of ketones is 1. The van der Waals surface area contributed by atoms with Crippen LogP contribution in [0.25, 0.3) is 0 Å². The predicted octanol–water partition coefficient (Wildman–Crippen LogP) is 4.28. The second kappa shape index (κ2) is 13.6. The second-order valence-corrected chi connectivity index (χ2v) is 12.0. The molecule has 1 N–H and O–H groups in total. The minimum Gasteiger partial charge on any atom is -0.485 e. The van der Waals surface area contributed by atoms with E-state index in [0.29, 0.717) is 56.3 Å². The summed E-state index contributed by atoms with van der Waals surface area (Å²) in [4.78, 5) is 42.5. The first-order chi connectivity index (χ1) is 18.9. The number of rotatable bonds is 13. The molecule has 2 heterocycles. The third kappa shape index (κ3) is 7.63. The summed E-state index contributed by atoms with van der Waals surface area (Å²) < 4.78 is 9.16. The third-order valence-corrected chi connectivity index (χ3v) is 7.68. The highest BCUT2D eigenvalue weighted by Gasteiger charge is 2.33. The van der Waals surface area contributed by atoms with Gasteiger partial charge in [0.15, 0.2) is 5.78 Å². The van der Waals surface area contributed by atoms with Gasteiger partial charge in [-0.25, -0.2) is 4.79 Å². The number of ether oxygens (including phenoxy) is 1. The van der Waals surface area contributed by atoms with Gasteiger partial charge in [-0.15, -0.1) is 0 Å². The molecule has 0 aliphatic carbocycles. The first-order valence-electron chi connectivity index (χ1n) is 14.7. The molecule has 1 saturated heterocycles. The fourth-order valence-corrected chi connectivity index (χ4v) is 5.15. The Morgan fingerprint density at radius 3 is 2.10 bits per heavy atom. The van der Waals surface area contributed by atoms with Gasteiger partial charge in [0.05, 0.1) is 0 Å². The molecule has 1 unspecified atom stereocenters. The van der Waals surface area contributed by atoms with Crippen molar-refractivity contribution in [3.63, 3.8) is 0 Å². The maximum Gasteiger partial charge on any atom is 0.333 e. The van der Waals surface area contributed by atoms with Gasteiger partial charge in [0.1, 0.15) is 23.3 Å². The quantitative estimate of drug-likeness (QED) is 0.291. The van der Waals surface area contributed by atoms with Crippen molar-refractivity contribution in [2.75, 3.05) is 37.6 Å². The highest BCUT2D eigenvalue weighted by molar-refractivity contribution is 5.96. The average molecular weight is 557 g/mol. The fourth-order valence-electron chi connectivity index (χ4n) is 5.15. The predicted molar refractivity (Wildman–Crippen MR) is 160 cm³/mol. The molecule has 1 aliphatic heterocycles. The minimum absolute atomic E-state index is 0.0841. The molecule has 1 fully saturated rings. The number of nitrogens with zero attached hydrogens (tertiary/aromatic N) is 4. The molecule has 2 aromatic rings. The molecule has 0 spiro atoms. The van der Waals surface area contributed by atoms with Crippen LogP contribution in [0.5, 0.6) is 5.75 Å². The molecule has 222 valence electrons. The number of aromatic nitrogens is 2. The van der Waals surface area contributed by atoms with Crippen molar-refractivity contribution in [1.82, 2.24) is 14.0 Å². The standard InChI is InChI=1S/C31H48N4O5/c1-8-9-10-11-26(36)24-12-14-25(15-13-24)40-31(6,7)27(37)21-32-16-18-33(19-17-32)28-20-29(38)35(23(4)5)30(39)34(28)22(2)3/h12-15,20,22-23,27,37H,8-11,16-19,21H2,1-7H3. The first-order valence-corrected chi connectivity index (χ1v) is 14.7. The van der Waals surface area contributed by atoms with Crippen LogP contribution >= 0.6 is 0 Å². The van der Waals surface area contributed by atoms with E-state index in [1.54, 1.807) is 34.9 Å². The van der Waals surface area contributed by atoms with Crippen molar-refractivity contribution in [2.45, 2.75) is 97.9 Å². The van der Waals surface area contributed by atoms with Crippen LogP contribution in [-0.2, 0) is 0 Å². The Balaban J connectivity index is 1.60. The number of aliphatic hydroxyl groups excluding tert-OH is 1. The summed E-state index contributed by atoms with van der Waals surface area (Å²) in [6.45, 7) is 16.5. The summed E-state index contributed by atoms with van der Waals surface area (Å²) in [5.74, 6) is 1.41. The highest BCUT2D eigenvalue weighted by atomic mass is 16.5. The largest absolute Gasteiger partial charge is 0.485 e. The average Bonchev–Trinajstić information content (AvgIpc) is 2.88.